The van der Waals surface area contributed by atoms with E-state index in [2.05, 4.69) is 0 Å². The van der Waals surface area contributed by atoms with E-state index in [4.69, 9.17) is 4.55 Å². The van der Waals surface area contributed by atoms with E-state index < -0.39 is 10.1 Å². The third kappa shape index (κ3) is 4.38. The van der Waals surface area contributed by atoms with Crippen molar-refractivity contribution < 1.29 is 23.2 Å². The van der Waals surface area contributed by atoms with Crippen LogP contribution in [0.15, 0.2) is 12.1 Å². The largest absolute Gasteiger partial charge is 0.504 e. The Kier molecular flexibility index (Phi) is 4.44. The summed E-state index contributed by atoms with van der Waals surface area (Å²) in [7, 11) is -0.225. The van der Waals surface area contributed by atoms with Crippen molar-refractivity contribution in [2.24, 2.45) is 0 Å². The number of phenols is 2. The second kappa shape index (κ2) is 5.36. The number of quaternary nitrogens is 1. The van der Waals surface area contributed by atoms with Crippen LogP contribution in [0.5, 0.6) is 11.5 Å². The van der Waals surface area contributed by atoms with Crippen LogP contribution in [0, 0.1) is 6.92 Å². The third-order valence-electron chi connectivity index (χ3n) is 3.06. The predicted molar refractivity (Wildman–Crippen MR) is 74.1 cm³/mol. The molecular formula is C12H20NO5S+. The summed E-state index contributed by atoms with van der Waals surface area (Å²) in [6.45, 7) is 2.28. The second-order valence-corrected chi connectivity index (χ2v) is 6.75. The summed E-state index contributed by atoms with van der Waals surface area (Å²) in [6, 6.07) is 2.94. The van der Waals surface area contributed by atoms with Gasteiger partial charge in [-0.05, 0) is 13.0 Å². The Morgan fingerprint density at radius 2 is 1.68 bits per heavy atom. The third-order valence-corrected chi connectivity index (χ3v) is 3.87. The standard InChI is InChI=1S/C12H19NO5S/c1-9-7-11(14)12(15)8-10(9)13(2,3)5-4-6-19(16,17)18/h7-8H,4-6H2,1-3H3,(H2-,14,15,16,17,18)/p+1. The van der Waals surface area contributed by atoms with Gasteiger partial charge in [-0.25, -0.2) is 0 Å². The number of phenolic OH excluding ortho intramolecular Hbond substituents is 2. The average molecular weight is 290 g/mol. The fraction of sp³-hybridized carbons (Fsp3) is 0.500. The van der Waals surface area contributed by atoms with Gasteiger partial charge in [0.2, 0.25) is 0 Å². The van der Waals surface area contributed by atoms with Crippen molar-refractivity contribution in [2.45, 2.75) is 13.3 Å². The average Bonchev–Trinajstić information content (AvgIpc) is 2.20. The number of hydrogen-bond donors (Lipinski definition) is 3. The summed E-state index contributed by atoms with van der Waals surface area (Å²) >= 11 is 0. The highest BCUT2D eigenvalue weighted by Gasteiger charge is 2.23. The van der Waals surface area contributed by atoms with Crippen molar-refractivity contribution in [3.63, 3.8) is 0 Å². The molecule has 1 aromatic rings. The fourth-order valence-electron chi connectivity index (χ4n) is 2.09. The summed E-state index contributed by atoms with van der Waals surface area (Å²) < 4.78 is 30.4. The zero-order chi connectivity index (χ0) is 14.8. The van der Waals surface area contributed by atoms with Gasteiger partial charge in [0.05, 0.1) is 26.4 Å². The van der Waals surface area contributed by atoms with Gasteiger partial charge >= 0.3 is 0 Å². The van der Waals surface area contributed by atoms with E-state index in [0.29, 0.717) is 17.4 Å². The monoisotopic (exact) mass is 290 g/mol. The lowest BCUT2D eigenvalue weighted by Gasteiger charge is -2.30. The summed E-state index contributed by atoms with van der Waals surface area (Å²) in [5.41, 5.74) is 1.58. The molecule has 0 aliphatic rings. The summed E-state index contributed by atoms with van der Waals surface area (Å²) in [6.07, 6.45) is 0.299. The van der Waals surface area contributed by atoms with Crippen molar-refractivity contribution in [1.82, 2.24) is 4.48 Å². The van der Waals surface area contributed by atoms with Gasteiger partial charge < -0.3 is 10.2 Å². The molecule has 0 unspecified atom stereocenters. The Morgan fingerprint density at radius 1 is 1.16 bits per heavy atom. The number of aryl methyl sites for hydroxylation is 1. The molecule has 0 saturated heterocycles. The van der Waals surface area contributed by atoms with Crippen molar-refractivity contribution in [3.8, 4) is 11.5 Å². The Labute approximate surface area is 113 Å². The fourth-order valence-corrected chi connectivity index (χ4v) is 2.58. The molecule has 0 fully saturated rings. The molecule has 0 aromatic heterocycles. The molecule has 108 valence electrons. The van der Waals surface area contributed by atoms with Gasteiger partial charge in [0.1, 0.15) is 5.69 Å². The summed E-state index contributed by atoms with van der Waals surface area (Å²) in [5.74, 6) is -0.682. The highest BCUT2D eigenvalue weighted by molar-refractivity contribution is 7.85. The number of benzene rings is 1. The van der Waals surface area contributed by atoms with Crippen LogP contribution < -0.4 is 4.48 Å². The molecule has 0 bridgehead atoms. The molecule has 0 amide bonds. The normalized spacial score (nSPS) is 12.6. The van der Waals surface area contributed by atoms with Crippen LogP contribution in [0.3, 0.4) is 0 Å². The Hall–Kier alpha value is -1.31. The van der Waals surface area contributed by atoms with E-state index >= 15 is 0 Å². The summed E-state index contributed by atoms with van der Waals surface area (Å²) in [5, 5.41) is 19.0. The van der Waals surface area contributed by atoms with Crippen molar-refractivity contribution in [1.29, 1.82) is 0 Å². The van der Waals surface area contributed by atoms with Crippen LogP contribution in [-0.2, 0) is 10.1 Å². The quantitative estimate of drug-likeness (QED) is 0.431. The first-order valence-electron chi connectivity index (χ1n) is 5.84. The van der Waals surface area contributed by atoms with Crippen LogP contribution in [-0.4, -0.2) is 49.6 Å². The van der Waals surface area contributed by atoms with E-state index in [9.17, 15) is 18.6 Å². The molecule has 0 spiro atoms. The van der Waals surface area contributed by atoms with Crippen LogP contribution >= 0.6 is 0 Å². The number of nitrogens with zero attached hydrogens (tertiary/aromatic N) is 1. The predicted octanol–water partition coefficient (Wildman–Crippen LogP) is 1.25. The molecule has 1 rings (SSSR count). The minimum absolute atomic E-state index is 0.181. The highest BCUT2D eigenvalue weighted by Crippen LogP contribution is 2.34. The van der Waals surface area contributed by atoms with Gasteiger partial charge in [-0.1, -0.05) is 0 Å². The van der Waals surface area contributed by atoms with E-state index in [1.54, 1.807) is 6.92 Å². The molecule has 0 aliphatic carbocycles. The molecule has 0 aliphatic heterocycles. The van der Waals surface area contributed by atoms with E-state index in [1.165, 1.54) is 12.1 Å². The lowest BCUT2D eigenvalue weighted by atomic mass is 10.1. The van der Waals surface area contributed by atoms with Crippen LogP contribution in [0.4, 0.5) is 5.69 Å². The van der Waals surface area contributed by atoms with Gasteiger partial charge in [-0.3, -0.25) is 9.04 Å². The highest BCUT2D eigenvalue weighted by atomic mass is 32.2. The maximum Gasteiger partial charge on any atom is 0.265 e. The maximum atomic E-state index is 10.7. The molecule has 7 heteroatoms. The van der Waals surface area contributed by atoms with Gasteiger partial charge in [0.15, 0.2) is 11.5 Å². The van der Waals surface area contributed by atoms with E-state index in [0.717, 1.165) is 11.3 Å². The summed E-state index contributed by atoms with van der Waals surface area (Å²) in [4.78, 5) is 0. The maximum absolute atomic E-state index is 10.7. The Morgan fingerprint density at radius 3 is 2.21 bits per heavy atom. The lowest BCUT2D eigenvalue weighted by Crippen LogP contribution is -2.42. The number of rotatable bonds is 5. The lowest BCUT2D eigenvalue weighted by molar-refractivity contribution is 0.380. The smallest absolute Gasteiger partial charge is 0.265 e. The van der Waals surface area contributed by atoms with Gasteiger partial charge in [0, 0.05) is 18.1 Å². The second-order valence-electron chi connectivity index (χ2n) is 5.18. The van der Waals surface area contributed by atoms with Crippen LogP contribution in [0.1, 0.15) is 12.0 Å². The molecule has 0 radical (unpaired) electrons. The molecule has 3 N–H and O–H groups in total. The first-order valence-corrected chi connectivity index (χ1v) is 7.45. The first kappa shape index (κ1) is 15.7. The topological polar surface area (TPSA) is 94.8 Å². The molecule has 6 nitrogen and oxygen atoms in total. The van der Waals surface area contributed by atoms with E-state index in [-0.39, 0.29) is 17.3 Å². The van der Waals surface area contributed by atoms with E-state index in [1.807, 2.05) is 14.1 Å². The van der Waals surface area contributed by atoms with Crippen LogP contribution in [0.2, 0.25) is 0 Å². The molecule has 0 atom stereocenters. The Balaban J connectivity index is 2.91. The zero-order valence-electron chi connectivity index (χ0n) is 11.3. The minimum Gasteiger partial charge on any atom is -0.504 e. The molecule has 1 aromatic carbocycles. The molecular weight excluding hydrogens is 270 g/mol. The van der Waals surface area contributed by atoms with Crippen molar-refractivity contribution in [2.75, 3.05) is 26.4 Å². The molecule has 19 heavy (non-hydrogen) atoms. The van der Waals surface area contributed by atoms with Gasteiger partial charge in [-0.2, -0.15) is 8.42 Å². The van der Waals surface area contributed by atoms with Crippen LogP contribution in [0.25, 0.3) is 0 Å². The number of hydrogen-bond acceptors (Lipinski definition) is 4. The zero-order valence-corrected chi connectivity index (χ0v) is 12.1. The van der Waals surface area contributed by atoms with Gasteiger partial charge in [-0.15, -0.1) is 0 Å². The minimum atomic E-state index is -3.95. The molecule has 0 heterocycles. The SMILES string of the molecule is Cc1cc(O)c(O)cc1[N+](C)(C)CCCS(=O)(=O)O. The number of aromatic hydroxyl groups is 2. The van der Waals surface area contributed by atoms with Crippen molar-refractivity contribution in [3.05, 3.63) is 17.7 Å². The van der Waals surface area contributed by atoms with Gasteiger partial charge in [0.25, 0.3) is 10.1 Å². The Bertz CT molecular complexity index is 566. The first-order chi connectivity index (χ1) is 8.53. The van der Waals surface area contributed by atoms with Crippen molar-refractivity contribution >= 4 is 15.8 Å². The molecule has 0 saturated carbocycles.